The highest BCUT2D eigenvalue weighted by Gasteiger charge is 2.15. The molecule has 2 N–H and O–H groups in total. The highest BCUT2D eigenvalue weighted by atomic mass is 16.4. The summed E-state index contributed by atoms with van der Waals surface area (Å²) in [6.45, 7) is 6.49. The minimum Gasteiger partial charge on any atom is -0.423 e. The first-order valence-electron chi connectivity index (χ1n) is 5.89. The van der Waals surface area contributed by atoms with Crippen LogP contribution in [0.25, 0.3) is 5.69 Å². The van der Waals surface area contributed by atoms with Gasteiger partial charge in [0.05, 0.1) is 5.69 Å². The summed E-state index contributed by atoms with van der Waals surface area (Å²) in [7, 11) is -1.48. The summed E-state index contributed by atoms with van der Waals surface area (Å²) in [5, 5.41) is 22.2. The molecule has 5 heteroatoms. The summed E-state index contributed by atoms with van der Waals surface area (Å²) in [4.78, 5) is 0. The van der Waals surface area contributed by atoms with Gasteiger partial charge in [-0.1, -0.05) is 32.9 Å². The monoisotopic (exact) mass is 244 g/mol. The number of benzene rings is 1. The lowest BCUT2D eigenvalue weighted by atomic mass is 9.83. The van der Waals surface area contributed by atoms with E-state index >= 15 is 0 Å². The SMILES string of the molecule is CC(C)(C)c1ccc(-n2cc(B(O)O)cn2)cc1. The van der Waals surface area contributed by atoms with Gasteiger partial charge in [0.15, 0.2) is 0 Å². The van der Waals surface area contributed by atoms with Crippen molar-refractivity contribution >= 4 is 12.6 Å². The van der Waals surface area contributed by atoms with Gasteiger partial charge in [-0.25, -0.2) is 4.68 Å². The molecule has 0 amide bonds. The molecule has 1 aromatic heterocycles. The lowest BCUT2D eigenvalue weighted by Crippen LogP contribution is -2.28. The molecule has 94 valence electrons. The zero-order chi connectivity index (χ0) is 13.3. The molecule has 18 heavy (non-hydrogen) atoms. The van der Waals surface area contributed by atoms with Crippen molar-refractivity contribution < 1.29 is 10.0 Å². The Morgan fingerprint density at radius 2 is 1.72 bits per heavy atom. The molecule has 0 fully saturated rings. The summed E-state index contributed by atoms with van der Waals surface area (Å²) in [5.41, 5.74) is 2.65. The molecule has 2 aromatic rings. The summed E-state index contributed by atoms with van der Waals surface area (Å²) in [6.07, 6.45) is 3.05. The molecular formula is C13H17BN2O2. The lowest BCUT2D eigenvalue weighted by molar-refractivity contribution is 0.426. The summed E-state index contributed by atoms with van der Waals surface area (Å²) < 4.78 is 1.63. The van der Waals surface area contributed by atoms with Gasteiger partial charge in [0.1, 0.15) is 0 Å². The Hall–Kier alpha value is -1.59. The van der Waals surface area contributed by atoms with Gasteiger partial charge < -0.3 is 10.0 Å². The number of aromatic nitrogens is 2. The zero-order valence-corrected chi connectivity index (χ0v) is 10.8. The zero-order valence-electron chi connectivity index (χ0n) is 10.8. The molecule has 0 saturated heterocycles. The van der Waals surface area contributed by atoms with Crippen LogP contribution in [0.15, 0.2) is 36.7 Å². The topological polar surface area (TPSA) is 58.3 Å². The van der Waals surface area contributed by atoms with E-state index in [-0.39, 0.29) is 5.41 Å². The summed E-state index contributed by atoms with van der Waals surface area (Å²) >= 11 is 0. The van der Waals surface area contributed by atoms with E-state index in [1.54, 1.807) is 10.9 Å². The Balaban J connectivity index is 2.29. The highest BCUT2D eigenvalue weighted by Crippen LogP contribution is 2.22. The first-order chi connectivity index (χ1) is 8.38. The van der Waals surface area contributed by atoms with Crippen LogP contribution in [0.3, 0.4) is 0 Å². The average molecular weight is 244 g/mol. The third-order valence-corrected chi connectivity index (χ3v) is 2.90. The van der Waals surface area contributed by atoms with Crippen LogP contribution in [-0.4, -0.2) is 26.9 Å². The van der Waals surface area contributed by atoms with E-state index in [0.717, 1.165) is 5.69 Å². The maximum Gasteiger partial charge on any atom is 0.491 e. The standard InChI is InChI=1S/C13H17BN2O2/c1-13(2,3)10-4-6-12(7-5-10)16-9-11(8-15-16)14(17)18/h4-9,17-18H,1-3H3. The molecule has 0 aliphatic heterocycles. The molecule has 0 bridgehead atoms. The molecule has 0 aliphatic rings. The highest BCUT2D eigenvalue weighted by molar-refractivity contribution is 6.58. The molecule has 4 nitrogen and oxygen atoms in total. The lowest BCUT2D eigenvalue weighted by Gasteiger charge is -2.19. The maximum absolute atomic E-state index is 9.04. The molecule has 1 aromatic carbocycles. The Labute approximate surface area is 107 Å². The molecule has 0 spiro atoms. The Kier molecular flexibility index (Phi) is 3.28. The van der Waals surface area contributed by atoms with Crippen molar-refractivity contribution in [2.45, 2.75) is 26.2 Å². The van der Waals surface area contributed by atoms with Gasteiger partial charge in [0.25, 0.3) is 0 Å². The second-order valence-electron chi connectivity index (χ2n) is 5.39. The van der Waals surface area contributed by atoms with E-state index < -0.39 is 7.12 Å². The molecular weight excluding hydrogens is 227 g/mol. The van der Waals surface area contributed by atoms with Gasteiger partial charge in [-0.2, -0.15) is 5.10 Å². The van der Waals surface area contributed by atoms with Crippen molar-refractivity contribution in [3.63, 3.8) is 0 Å². The van der Waals surface area contributed by atoms with Crippen molar-refractivity contribution in [3.05, 3.63) is 42.2 Å². The maximum atomic E-state index is 9.04. The number of hydrogen-bond donors (Lipinski definition) is 2. The minimum absolute atomic E-state index is 0.120. The van der Waals surface area contributed by atoms with Crippen molar-refractivity contribution in [3.8, 4) is 5.69 Å². The predicted molar refractivity (Wildman–Crippen MR) is 72.1 cm³/mol. The van der Waals surface area contributed by atoms with Gasteiger partial charge in [-0.3, -0.25) is 0 Å². The van der Waals surface area contributed by atoms with Crippen molar-refractivity contribution in [2.75, 3.05) is 0 Å². The van der Waals surface area contributed by atoms with Gasteiger partial charge >= 0.3 is 7.12 Å². The van der Waals surface area contributed by atoms with Crippen LogP contribution >= 0.6 is 0 Å². The number of rotatable bonds is 2. The molecule has 2 rings (SSSR count). The predicted octanol–water partition coefficient (Wildman–Crippen LogP) is 0.850. The van der Waals surface area contributed by atoms with E-state index in [1.165, 1.54) is 11.8 Å². The van der Waals surface area contributed by atoms with Gasteiger partial charge in [0.2, 0.25) is 0 Å². The number of hydrogen-bond acceptors (Lipinski definition) is 3. The van der Waals surface area contributed by atoms with E-state index in [2.05, 4.69) is 38.0 Å². The fourth-order valence-electron chi connectivity index (χ4n) is 1.73. The first kappa shape index (κ1) is 12.9. The van der Waals surface area contributed by atoms with Crippen molar-refractivity contribution in [2.24, 2.45) is 0 Å². The van der Waals surface area contributed by atoms with Gasteiger partial charge in [0, 0.05) is 17.9 Å². The second-order valence-corrected chi connectivity index (χ2v) is 5.39. The quantitative estimate of drug-likeness (QED) is 0.770. The minimum atomic E-state index is -1.48. The third kappa shape index (κ3) is 2.63. The average Bonchev–Trinajstić information content (AvgIpc) is 2.77. The fraction of sp³-hybridized carbons (Fsp3) is 0.308. The molecule has 0 unspecified atom stereocenters. The van der Waals surface area contributed by atoms with Crippen LogP contribution in [0.4, 0.5) is 0 Å². The molecule has 0 saturated carbocycles. The summed E-state index contributed by atoms with van der Waals surface area (Å²) in [6, 6.07) is 8.07. The molecule has 0 aliphatic carbocycles. The summed E-state index contributed by atoms with van der Waals surface area (Å²) in [5.74, 6) is 0. The van der Waals surface area contributed by atoms with Crippen LogP contribution in [-0.2, 0) is 5.41 Å². The Morgan fingerprint density at radius 1 is 1.11 bits per heavy atom. The van der Waals surface area contributed by atoms with E-state index in [9.17, 15) is 0 Å². The van der Waals surface area contributed by atoms with E-state index in [0.29, 0.717) is 5.46 Å². The molecule has 0 radical (unpaired) electrons. The molecule has 1 heterocycles. The van der Waals surface area contributed by atoms with Crippen molar-refractivity contribution in [1.29, 1.82) is 0 Å². The van der Waals surface area contributed by atoms with E-state index in [4.69, 9.17) is 10.0 Å². The van der Waals surface area contributed by atoms with Crippen LogP contribution in [0.2, 0.25) is 0 Å². The Bertz CT molecular complexity index is 527. The van der Waals surface area contributed by atoms with E-state index in [1.807, 2.05) is 12.1 Å². The number of nitrogens with zero attached hydrogens (tertiary/aromatic N) is 2. The smallest absolute Gasteiger partial charge is 0.423 e. The third-order valence-electron chi connectivity index (χ3n) is 2.90. The van der Waals surface area contributed by atoms with Gasteiger partial charge in [-0.05, 0) is 23.1 Å². The van der Waals surface area contributed by atoms with Crippen LogP contribution in [0, 0.1) is 0 Å². The van der Waals surface area contributed by atoms with Gasteiger partial charge in [-0.15, -0.1) is 0 Å². The van der Waals surface area contributed by atoms with Crippen molar-refractivity contribution in [1.82, 2.24) is 9.78 Å². The fourth-order valence-corrected chi connectivity index (χ4v) is 1.73. The normalized spacial score (nSPS) is 11.6. The van der Waals surface area contributed by atoms with Crippen LogP contribution < -0.4 is 5.46 Å². The largest absolute Gasteiger partial charge is 0.491 e. The second kappa shape index (κ2) is 4.59. The first-order valence-corrected chi connectivity index (χ1v) is 5.89. The van der Waals surface area contributed by atoms with Crippen LogP contribution in [0.1, 0.15) is 26.3 Å². The Morgan fingerprint density at radius 3 is 2.17 bits per heavy atom. The van der Waals surface area contributed by atoms with Crippen LogP contribution in [0.5, 0.6) is 0 Å². The molecule has 0 atom stereocenters.